The van der Waals surface area contributed by atoms with Gasteiger partial charge in [-0.2, -0.15) is 8.42 Å². The van der Waals surface area contributed by atoms with Crippen LogP contribution in [0.2, 0.25) is 0 Å². The third-order valence-electron chi connectivity index (χ3n) is 5.80. The molecule has 12 nitrogen and oxygen atoms in total. The Morgan fingerprint density at radius 2 is 1.81 bits per heavy atom. The van der Waals surface area contributed by atoms with Crippen LogP contribution in [-0.2, 0) is 36.0 Å². The SMILES string of the molecule is COc1c(CCC(=O)NCN2CCOCC2)ccc2c1C(=O)N(NS(=O)(=O)c1ccccc1)S2(=O)=O. The maximum Gasteiger partial charge on any atom is 0.288 e. The molecule has 0 bridgehead atoms. The van der Waals surface area contributed by atoms with Gasteiger partial charge in [0.2, 0.25) is 5.91 Å². The Hall–Kier alpha value is -3.04. The first-order chi connectivity index (χ1) is 17.1. The number of ether oxygens (including phenoxy) is 2. The zero-order valence-corrected chi connectivity index (χ0v) is 21.1. The van der Waals surface area contributed by atoms with Crippen LogP contribution in [0.4, 0.5) is 0 Å². The van der Waals surface area contributed by atoms with Crippen LogP contribution in [-0.4, -0.2) is 78.0 Å². The van der Waals surface area contributed by atoms with Crippen LogP contribution in [0.3, 0.4) is 0 Å². The molecule has 1 fully saturated rings. The number of aryl methyl sites for hydroxylation is 1. The Morgan fingerprint density at radius 1 is 1.11 bits per heavy atom. The molecule has 36 heavy (non-hydrogen) atoms. The molecule has 2 amide bonds. The van der Waals surface area contributed by atoms with Gasteiger partial charge in [-0.05, 0) is 30.2 Å². The van der Waals surface area contributed by atoms with E-state index in [-0.39, 0.29) is 44.3 Å². The Balaban J connectivity index is 1.51. The molecule has 2 heterocycles. The summed E-state index contributed by atoms with van der Waals surface area (Å²) in [5.41, 5.74) is 0.147. The second-order valence-electron chi connectivity index (χ2n) is 8.10. The number of amides is 2. The molecule has 0 radical (unpaired) electrons. The molecule has 2 aliphatic heterocycles. The number of nitrogens with zero attached hydrogens (tertiary/aromatic N) is 2. The minimum Gasteiger partial charge on any atom is -0.496 e. The molecule has 0 saturated carbocycles. The first-order valence-corrected chi connectivity index (χ1v) is 14.0. The van der Waals surface area contributed by atoms with Crippen LogP contribution in [0.5, 0.6) is 5.75 Å². The highest BCUT2D eigenvalue weighted by molar-refractivity contribution is 7.93. The molecule has 0 aliphatic carbocycles. The number of morpholine rings is 1. The van der Waals surface area contributed by atoms with Crippen LogP contribution in [0.15, 0.2) is 52.3 Å². The number of fused-ring (bicyclic) bond motifs is 1. The van der Waals surface area contributed by atoms with E-state index < -0.39 is 26.0 Å². The highest BCUT2D eigenvalue weighted by Gasteiger charge is 2.46. The van der Waals surface area contributed by atoms with E-state index in [1.54, 1.807) is 6.07 Å². The van der Waals surface area contributed by atoms with Gasteiger partial charge >= 0.3 is 0 Å². The average Bonchev–Trinajstić information content (AvgIpc) is 3.07. The van der Waals surface area contributed by atoms with Gasteiger partial charge < -0.3 is 14.8 Å². The Morgan fingerprint density at radius 3 is 2.47 bits per heavy atom. The van der Waals surface area contributed by atoms with E-state index in [0.717, 1.165) is 13.1 Å². The highest BCUT2D eigenvalue weighted by Crippen LogP contribution is 2.38. The Bertz CT molecular complexity index is 1360. The normalized spacial score (nSPS) is 17.6. The number of benzene rings is 2. The molecule has 4 rings (SSSR count). The molecule has 2 N–H and O–H groups in total. The van der Waals surface area contributed by atoms with E-state index in [4.69, 9.17) is 9.47 Å². The van der Waals surface area contributed by atoms with Crippen LogP contribution in [0.25, 0.3) is 0 Å². The number of carbonyl (C=O) groups excluding carboxylic acids is 2. The van der Waals surface area contributed by atoms with Crippen molar-refractivity contribution in [2.75, 3.05) is 40.1 Å². The fraction of sp³-hybridized carbons (Fsp3) is 0.364. The fourth-order valence-electron chi connectivity index (χ4n) is 3.91. The molecular weight excluding hydrogens is 512 g/mol. The van der Waals surface area contributed by atoms with Gasteiger partial charge in [0.25, 0.3) is 26.0 Å². The van der Waals surface area contributed by atoms with Crippen LogP contribution >= 0.6 is 0 Å². The van der Waals surface area contributed by atoms with Gasteiger partial charge in [-0.15, -0.1) is 9.25 Å². The molecule has 194 valence electrons. The predicted octanol–water partition coefficient (Wildman–Crippen LogP) is 0.0717. The summed E-state index contributed by atoms with van der Waals surface area (Å²) in [6, 6.07) is 9.74. The summed E-state index contributed by atoms with van der Waals surface area (Å²) in [5.74, 6) is -1.34. The van der Waals surface area contributed by atoms with Gasteiger partial charge in [0, 0.05) is 19.5 Å². The molecule has 1 saturated heterocycles. The summed E-state index contributed by atoms with van der Waals surface area (Å²) >= 11 is 0. The second kappa shape index (κ2) is 10.5. The predicted molar refractivity (Wildman–Crippen MR) is 127 cm³/mol. The quantitative estimate of drug-likeness (QED) is 0.452. The molecular formula is C22H26N4O8S2. The number of hydrazine groups is 1. The lowest BCUT2D eigenvalue weighted by atomic mass is 10.0. The molecule has 14 heteroatoms. The number of methoxy groups -OCH3 is 1. The fourth-order valence-corrected chi connectivity index (χ4v) is 6.71. The van der Waals surface area contributed by atoms with E-state index in [0.29, 0.717) is 25.4 Å². The van der Waals surface area contributed by atoms with Crippen molar-refractivity contribution in [3.05, 3.63) is 53.6 Å². The lowest BCUT2D eigenvalue weighted by Crippen LogP contribution is -2.45. The minimum atomic E-state index is -4.52. The summed E-state index contributed by atoms with van der Waals surface area (Å²) in [4.78, 5) is 28.8. The monoisotopic (exact) mass is 538 g/mol. The third-order valence-corrected chi connectivity index (χ3v) is 8.87. The van der Waals surface area contributed by atoms with Crippen LogP contribution in [0.1, 0.15) is 22.3 Å². The van der Waals surface area contributed by atoms with Crippen molar-refractivity contribution in [3.8, 4) is 5.75 Å². The number of hydrogen-bond acceptors (Lipinski definition) is 9. The number of rotatable bonds is 9. The number of nitrogens with one attached hydrogen (secondary N) is 2. The van der Waals surface area contributed by atoms with E-state index in [2.05, 4.69) is 5.32 Å². The first kappa shape index (κ1) is 26.0. The van der Waals surface area contributed by atoms with Crippen molar-refractivity contribution in [2.45, 2.75) is 22.6 Å². The lowest BCUT2D eigenvalue weighted by molar-refractivity contribution is -0.122. The molecule has 0 spiro atoms. The smallest absolute Gasteiger partial charge is 0.288 e. The van der Waals surface area contributed by atoms with Crippen molar-refractivity contribution in [1.82, 2.24) is 19.5 Å². The van der Waals surface area contributed by atoms with Gasteiger partial charge in [-0.1, -0.05) is 24.3 Å². The van der Waals surface area contributed by atoms with Crippen molar-refractivity contribution in [2.24, 2.45) is 0 Å². The zero-order valence-electron chi connectivity index (χ0n) is 19.5. The van der Waals surface area contributed by atoms with Gasteiger partial charge in [0.1, 0.15) is 16.2 Å². The summed E-state index contributed by atoms with van der Waals surface area (Å²) in [6.45, 7) is 3.05. The molecule has 2 aliphatic rings. The maximum absolute atomic E-state index is 13.1. The topological polar surface area (TPSA) is 151 Å². The van der Waals surface area contributed by atoms with Crippen molar-refractivity contribution in [1.29, 1.82) is 0 Å². The molecule has 2 aromatic rings. The average molecular weight is 539 g/mol. The van der Waals surface area contributed by atoms with E-state index in [1.807, 2.05) is 9.73 Å². The van der Waals surface area contributed by atoms with Gasteiger partial charge in [-0.25, -0.2) is 8.42 Å². The van der Waals surface area contributed by atoms with Gasteiger partial charge in [0.05, 0.1) is 31.9 Å². The summed E-state index contributed by atoms with van der Waals surface area (Å²) in [7, 11) is -7.61. The number of hydrogen-bond donors (Lipinski definition) is 2. The standard InChI is InChI=1S/C22H26N4O8S2/c1-33-21-16(8-10-19(27)23-15-25-11-13-34-14-12-25)7-9-18-20(21)22(28)26(36(18,31)32)24-35(29,30)17-5-3-2-4-6-17/h2-7,9,24H,8,10-15H2,1H3,(H,23,27). The molecule has 0 aromatic heterocycles. The minimum absolute atomic E-state index is 0.0246. The largest absolute Gasteiger partial charge is 0.496 e. The van der Waals surface area contributed by atoms with Gasteiger partial charge in [0.15, 0.2) is 0 Å². The maximum atomic E-state index is 13.1. The van der Waals surface area contributed by atoms with Crippen molar-refractivity contribution in [3.63, 3.8) is 0 Å². The number of carbonyl (C=O) groups is 2. The van der Waals surface area contributed by atoms with E-state index >= 15 is 0 Å². The van der Waals surface area contributed by atoms with Gasteiger partial charge in [-0.3, -0.25) is 14.5 Å². The van der Waals surface area contributed by atoms with E-state index in [1.165, 1.54) is 43.5 Å². The molecule has 0 unspecified atom stereocenters. The Kier molecular flexibility index (Phi) is 7.61. The number of sulfonamides is 2. The first-order valence-electron chi connectivity index (χ1n) is 11.1. The molecule has 2 aromatic carbocycles. The molecule has 0 atom stereocenters. The van der Waals surface area contributed by atoms with Crippen LogP contribution in [0, 0.1) is 0 Å². The van der Waals surface area contributed by atoms with E-state index in [9.17, 15) is 26.4 Å². The highest BCUT2D eigenvalue weighted by atomic mass is 32.2. The van der Waals surface area contributed by atoms with Crippen molar-refractivity contribution >= 4 is 31.9 Å². The summed E-state index contributed by atoms with van der Waals surface area (Å²) < 4.78 is 62.2. The van der Waals surface area contributed by atoms with Crippen LogP contribution < -0.4 is 14.9 Å². The Labute approximate surface area is 209 Å². The third kappa shape index (κ3) is 5.22. The second-order valence-corrected chi connectivity index (χ2v) is 11.5. The zero-order chi connectivity index (χ0) is 25.9. The van der Waals surface area contributed by atoms with Crippen molar-refractivity contribution < 1.29 is 35.9 Å². The summed E-state index contributed by atoms with van der Waals surface area (Å²) in [5, 5.41) is 2.83. The summed E-state index contributed by atoms with van der Waals surface area (Å²) in [6.07, 6.45) is 0.249. The lowest BCUT2D eigenvalue weighted by Gasteiger charge is -2.26.